The van der Waals surface area contributed by atoms with Gasteiger partial charge in [-0.25, -0.2) is 9.78 Å². The molecule has 2 bridgehead atoms. The average Bonchev–Trinajstić information content (AvgIpc) is 2.72. The predicted octanol–water partition coefficient (Wildman–Crippen LogP) is 3.63. The van der Waals surface area contributed by atoms with Crippen LogP contribution < -0.4 is 4.74 Å². The molecule has 0 radical (unpaired) electrons. The summed E-state index contributed by atoms with van der Waals surface area (Å²) in [6.07, 6.45) is 5.21. The van der Waals surface area contributed by atoms with Gasteiger partial charge in [0.2, 0.25) is 5.88 Å². The van der Waals surface area contributed by atoms with Crippen LogP contribution in [0.25, 0.3) is 0 Å². The Kier molecular flexibility index (Phi) is 5.22. The highest BCUT2D eigenvalue weighted by Gasteiger charge is 2.48. The first kappa shape index (κ1) is 18.7. The van der Waals surface area contributed by atoms with E-state index in [-0.39, 0.29) is 24.8 Å². The SMILES string of the molecule is COc1ccc(C2(O)CC3CCCC(C2)N3C(=O)OCc2ccccc2)cn1. The van der Waals surface area contributed by atoms with Crippen molar-refractivity contribution in [2.75, 3.05) is 7.11 Å². The highest BCUT2D eigenvalue weighted by Crippen LogP contribution is 2.44. The summed E-state index contributed by atoms with van der Waals surface area (Å²) in [5.41, 5.74) is 0.770. The van der Waals surface area contributed by atoms with E-state index in [2.05, 4.69) is 4.98 Å². The lowest BCUT2D eigenvalue weighted by Gasteiger charge is -2.51. The summed E-state index contributed by atoms with van der Waals surface area (Å²) in [4.78, 5) is 18.9. The Morgan fingerprint density at radius 2 is 1.89 bits per heavy atom. The van der Waals surface area contributed by atoms with Crippen LogP contribution in [0.5, 0.6) is 5.88 Å². The van der Waals surface area contributed by atoms with Crippen molar-refractivity contribution in [2.24, 2.45) is 0 Å². The van der Waals surface area contributed by atoms with Crippen molar-refractivity contribution in [1.29, 1.82) is 0 Å². The fourth-order valence-corrected chi connectivity index (χ4v) is 4.53. The molecule has 6 nitrogen and oxygen atoms in total. The Morgan fingerprint density at radius 3 is 2.50 bits per heavy atom. The zero-order chi connectivity index (χ0) is 19.6. The molecule has 4 rings (SSSR count). The van der Waals surface area contributed by atoms with Gasteiger partial charge in [0, 0.05) is 42.8 Å². The third kappa shape index (κ3) is 3.69. The Balaban J connectivity index is 1.47. The first-order valence-electron chi connectivity index (χ1n) is 9.81. The smallest absolute Gasteiger partial charge is 0.410 e. The van der Waals surface area contributed by atoms with Gasteiger partial charge in [0.25, 0.3) is 0 Å². The number of carbonyl (C=O) groups excluding carboxylic acids is 1. The van der Waals surface area contributed by atoms with Gasteiger partial charge in [0.05, 0.1) is 12.7 Å². The lowest BCUT2D eigenvalue weighted by atomic mass is 9.73. The van der Waals surface area contributed by atoms with Gasteiger partial charge in [-0.3, -0.25) is 0 Å². The molecule has 1 aromatic heterocycles. The van der Waals surface area contributed by atoms with Gasteiger partial charge in [-0.15, -0.1) is 0 Å². The maximum atomic E-state index is 12.8. The largest absolute Gasteiger partial charge is 0.481 e. The monoisotopic (exact) mass is 382 g/mol. The van der Waals surface area contributed by atoms with Crippen LogP contribution in [-0.2, 0) is 16.9 Å². The Morgan fingerprint density at radius 1 is 1.18 bits per heavy atom. The molecule has 2 aliphatic rings. The third-order valence-corrected chi connectivity index (χ3v) is 5.91. The summed E-state index contributed by atoms with van der Waals surface area (Å²) in [7, 11) is 1.57. The quantitative estimate of drug-likeness (QED) is 0.874. The standard InChI is InChI=1S/C22H26N2O4/c1-27-20-11-10-17(14-23-20)22(26)12-18-8-5-9-19(13-22)24(18)21(25)28-15-16-6-3-2-4-7-16/h2-4,6-7,10-11,14,18-19,26H,5,8-9,12-13,15H2,1H3. The van der Waals surface area contributed by atoms with Gasteiger partial charge < -0.3 is 19.5 Å². The van der Waals surface area contributed by atoms with Crippen LogP contribution in [0.4, 0.5) is 4.79 Å². The van der Waals surface area contributed by atoms with Crippen molar-refractivity contribution in [3.8, 4) is 5.88 Å². The van der Waals surface area contributed by atoms with Crippen LogP contribution in [0.1, 0.15) is 43.2 Å². The molecule has 2 aromatic rings. The molecule has 2 saturated heterocycles. The first-order chi connectivity index (χ1) is 13.6. The third-order valence-electron chi connectivity index (χ3n) is 5.91. The fraction of sp³-hybridized carbons (Fsp3) is 0.455. The molecule has 0 saturated carbocycles. The van der Waals surface area contributed by atoms with E-state index >= 15 is 0 Å². The van der Waals surface area contributed by atoms with Gasteiger partial charge in [0.15, 0.2) is 0 Å². The molecule has 6 heteroatoms. The first-order valence-corrected chi connectivity index (χ1v) is 9.81. The molecule has 2 fully saturated rings. The summed E-state index contributed by atoms with van der Waals surface area (Å²) in [5.74, 6) is 0.523. The van der Waals surface area contributed by atoms with Crippen LogP contribution in [-0.4, -0.2) is 40.3 Å². The second-order valence-electron chi connectivity index (χ2n) is 7.72. The lowest BCUT2D eigenvalue weighted by molar-refractivity contribution is -0.0898. The molecule has 2 atom stereocenters. The maximum absolute atomic E-state index is 12.8. The van der Waals surface area contributed by atoms with Crippen molar-refractivity contribution >= 4 is 6.09 Å². The molecule has 0 spiro atoms. The number of aromatic nitrogens is 1. The van der Waals surface area contributed by atoms with E-state index < -0.39 is 5.60 Å². The number of rotatable bonds is 4. The van der Waals surface area contributed by atoms with Gasteiger partial charge >= 0.3 is 6.09 Å². The minimum atomic E-state index is -0.981. The number of pyridine rings is 1. The molecular weight excluding hydrogens is 356 g/mol. The minimum Gasteiger partial charge on any atom is -0.481 e. The number of methoxy groups -OCH3 is 1. The highest BCUT2D eigenvalue weighted by molar-refractivity contribution is 5.69. The minimum absolute atomic E-state index is 0.0251. The predicted molar refractivity (Wildman–Crippen MR) is 104 cm³/mol. The van der Waals surface area contributed by atoms with Crippen LogP contribution in [0.3, 0.4) is 0 Å². The van der Waals surface area contributed by atoms with Crippen molar-refractivity contribution < 1.29 is 19.4 Å². The molecule has 2 unspecified atom stereocenters. The van der Waals surface area contributed by atoms with Crippen LogP contribution in [0, 0.1) is 0 Å². The second kappa shape index (κ2) is 7.80. The fourth-order valence-electron chi connectivity index (χ4n) is 4.53. The average molecular weight is 382 g/mol. The zero-order valence-electron chi connectivity index (χ0n) is 16.1. The van der Waals surface area contributed by atoms with Crippen molar-refractivity contribution in [1.82, 2.24) is 9.88 Å². The number of nitrogens with zero attached hydrogens (tertiary/aromatic N) is 2. The molecule has 0 aliphatic carbocycles. The van der Waals surface area contributed by atoms with E-state index in [0.717, 1.165) is 30.4 Å². The molecule has 1 amide bonds. The van der Waals surface area contributed by atoms with E-state index in [1.54, 1.807) is 19.4 Å². The molecule has 1 aromatic carbocycles. The van der Waals surface area contributed by atoms with Gasteiger partial charge in [-0.1, -0.05) is 30.3 Å². The van der Waals surface area contributed by atoms with E-state index in [1.165, 1.54) is 0 Å². The zero-order valence-corrected chi connectivity index (χ0v) is 16.1. The van der Waals surface area contributed by atoms with E-state index in [1.807, 2.05) is 41.3 Å². The Labute approximate surface area is 165 Å². The van der Waals surface area contributed by atoms with Crippen molar-refractivity contribution in [2.45, 2.75) is 56.4 Å². The summed E-state index contributed by atoms with van der Waals surface area (Å²) in [6.45, 7) is 0.266. The topological polar surface area (TPSA) is 71.9 Å². The van der Waals surface area contributed by atoms with Gasteiger partial charge in [0.1, 0.15) is 6.61 Å². The number of aliphatic hydroxyl groups is 1. The number of hydrogen-bond donors (Lipinski definition) is 1. The second-order valence-corrected chi connectivity index (χ2v) is 7.72. The van der Waals surface area contributed by atoms with Crippen molar-refractivity contribution in [3.63, 3.8) is 0 Å². The normalized spacial score (nSPS) is 26.6. The summed E-state index contributed by atoms with van der Waals surface area (Å²) >= 11 is 0. The van der Waals surface area contributed by atoms with Crippen LogP contribution in [0.2, 0.25) is 0 Å². The Bertz CT molecular complexity index is 795. The van der Waals surface area contributed by atoms with Gasteiger partial charge in [-0.05, 0) is 30.9 Å². The summed E-state index contributed by atoms with van der Waals surface area (Å²) in [6, 6.07) is 13.3. The van der Waals surface area contributed by atoms with E-state index in [9.17, 15) is 9.90 Å². The number of piperidine rings is 2. The molecular formula is C22H26N2O4. The van der Waals surface area contributed by atoms with E-state index in [0.29, 0.717) is 18.7 Å². The summed E-state index contributed by atoms with van der Waals surface area (Å²) < 4.78 is 10.7. The molecule has 148 valence electrons. The number of carbonyl (C=O) groups is 1. The number of amides is 1. The van der Waals surface area contributed by atoms with Gasteiger partial charge in [-0.2, -0.15) is 0 Å². The highest BCUT2D eigenvalue weighted by atomic mass is 16.6. The number of fused-ring (bicyclic) bond motifs is 2. The molecule has 1 N–H and O–H groups in total. The van der Waals surface area contributed by atoms with E-state index in [4.69, 9.17) is 9.47 Å². The number of ether oxygens (including phenoxy) is 2. The Hall–Kier alpha value is -2.60. The maximum Gasteiger partial charge on any atom is 0.410 e. The van der Waals surface area contributed by atoms with Crippen molar-refractivity contribution in [3.05, 3.63) is 59.8 Å². The molecule has 2 aliphatic heterocycles. The van der Waals surface area contributed by atoms with Crippen LogP contribution >= 0.6 is 0 Å². The summed E-state index contributed by atoms with van der Waals surface area (Å²) in [5, 5.41) is 11.4. The lowest BCUT2D eigenvalue weighted by Crippen LogP contribution is -2.58. The number of benzene rings is 1. The van der Waals surface area contributed by atoms with Crippen LogP contribution in [0.15, 0.2) is 48.7 Å². The molecule has 28 heavy (non-hydrogen) atoms. The molecule has 3 heterocycles. The number of hydrogen-bond acceptors (Lipinski definition) is 5.